The van der Waals surface area contributed by atoms with E-state index in [1.165, 1.54) is 43.4 Å². The van der Waals surface area contributed by atoms with Crippen molar-refractivity contribution in [2.45, 2.75) is 0 Å². The van der Waals surface area contributed by atoms with Crippen molar-refractivity contribution in [2.75, 3.05) is 0 Å². The minimum atomic E-state index is 0.688. The summed E-state index contributed by atoms with van der Waals surface area (Å²) in [6.45, 7) is 0. The maximum absolute atomic E-state index is 6.22. The summed E-state index contributed by atoms with van der Waals surface area (Å²) in [5.41, 5.74) is 9.03. The predicted octanol–water partition coefficient (Wildman–Crippen LogP) is 13.0. The van der Waals surface area contributed by atoms with Crippen molar-refractivity contribution in [3.63, 3.8) is 0 Å². The number of hydrogen-bond donors (Lipinski definition) is 0. The van der Waals surface area contributed by atoms with Crippen LogP contribution in [-0.2, 0) is 0 Å². The first-order valence-electron chi connectivity index (χ1n) is 17.2. The van der Waals surface area contributed by atoms with E-state index in [0.29, 0.717) is 5.82 Å². The average molecular weight is 651 g/mol. The van der Waals surface area contributed by atoms with Gasteiger partial charge in [0.2, 0.25) is 0 Å². The van der Waals surface area contributed by atoms with Gasteiger partial charge in [-0.25, -0.2) is 9.97 Å². The molecule has 0 aliphatic carbocycles. The van der Waals surface area contributed by atoms with Gasteiger partial charge in [-0.2, -0.15) is 0 Å². The lowest BCUT2D eigenvalue weighted by Gasteiger charge is -2.15. The van der Waals surface area contributed by atoms with Crippen molar-refractivity contribution in [3.05, 3.63) is 182 Å². The lowest BCUT2D eigenvalue weighted by Crippen LogP contribution is -1.96. The minimum absolute atomic E-state index is 0.688. The average Bonchev–Trinajstić information content (AvgIpc) is 3.65. The van der Waals surface area contributed by atoms with Gasteiger partial charge in [0.25, 0.3) is 0 Å². The van der Waals surface area contributed by atoms with Gasteiger partial charge in [-0.1, -0.05) is 152 Å². The van der Waals surface area contributed by atoms with E-state index < -0.39 is 0 Å². The Morgan fingerprint density at radius 3 is 1.80 bits per heavy atom. The molecule has 0 aliphatic heterocycles. The Balaban J connectivity index is 1.10. The molecule has 8 aromatic carbocycles. The van der Waals surface area contributed by atoms with Crippen LogP contribution in [0.15, 0.2) is 186 Å². The van der Waals surface area contributed by atoms with Crippen LogP contribution in [0.2, 0.25) is 0 Å². The number of rotatable bonds is 5. The van der Waals surface area contributed by atoms with E-state index >= 15 is 0 Å². The number of aromatic nitrogens is 2. The van der Waals surface area contributed by atoms with Gasteiger partial charge in [0.15, 0.2) is 5.82 Å². The number of para-hydroxylation sites is 1. The van der Waals surface area contributed by atoms with Crippen LogP contribution in [0.5, 0.6) is 0 Å². The van der Waals surface area contributed by atoms with Gasteiger partial charge in [-0.15, -0.1) is 0 Å². The van der Waals surface area contributed by atoms with E-state index in [4.69, 9.17) is 14.4 Å². The molecule has 0 saturated carbocycles. The molecule has 0 amide bonds. The topological polar surface area (TPSA) is 38.9 Å². The summed E-state index contributed by atoms with van der Waals surface area (Å²) < 4.78 is 6.22. The van der Waals surface area contributed by atoms with Gasteiger partial charge in [-0.05, 0) is 73.8 Å². The quantitative estimate of drug-likeness (QED) is 0.137. The zero-order chi connectivity index (χ0) is 33.7. The Morgan fingerprint density at radius 1 is 0.333 bits per heavy atom. The molecule has 3 heteroatoms. The summed E-state index contributed by atoms with van der Waals surface area (Å²) in [7, 11) is 0. The van der Waals surface area contributed by atoms with Gasteiger partial charge < -0.3 is 4.42 Å². The number of nitrogens with zero attached hydrogens (tertiary/aromatic N) is 2. The highest BCUT2D eigenvalue weighted by Gasteiger charge is 2.15. The van der Waals surface area contributed by atoms with Crippen LogP contribution < -0.4 is 0 Å². The van der Waals surface area contributed by atoms with Crippen molar-refractivity contribution in [3.8, 4) is 56.4 Å². The van der Waals surface area contributed by atoms with Crippen LogP contribution in [0.4, 0.5) is 0 Å². The Kier molecular flexibility index (Phi) is 6.81. The molecule has 3 nitrogen and oxygen atoms in total. The van der Waals surface area contributed by atoms with Gasteiger partial charge in [0.1, 0.15) is 11.3 Å². The molecule has 0 saturated heterocycles. The molecule has 0 fully saturated rings. The van der Waals surface area contributed by atoms with Crippen molar-refractivity contribution in [1.29, 1.82) is 0 Å². The molecule has 0 aliphatic rings. The van der Waals surface area contributed by atoms with Crippen molar-refractivity contribution in [1.82, 2.24) is 9.97 Å². The van der Waals surface area contributed by atoms with Crippen LogP contribution in [0.3, 0.4) is 0 Å². The van der Waals surface area contributed by atoms with Crippen LogP contribution in [0.1, 0.15) is 0 Å². The fourth-order valence-corrected chi connectivity index (χ4v) is 7.35. The highest BCUT2D eigenvalue weighted by molar-refractivity contribution is 6.20. The summed E-state index contributed by atoms with van der Waals surface area (Å²) in [5.74, 6) is 1.52. The number of fused-ring (bicyclic) bond motifs is 5. The highest BCUT2D eigenvalue weighted by atomic mass is 16.3. The molecule has 0 radical (unpaired) electrons. The molecular weight excluding hydrogens is 621 g/mol. The second-order valence-corrected chi connectivity index (χ2v) is 13.0. The molecule has 0 spiro atoms. The normalized spacial score (nSPS) is 11.5. The van der Waals surface area contributed by atoms with E-state index in [0.717, 1.165) is 50.4 Å². The third-order valence-corrected chi connectivity index (χ3v) is 9.87. The molecular formula is C48H30N2O. The molecule has 10 aromatic rings. The zero-order valence-corrected chi connectivity index (χ0v) is 27.6. The standard InChI is InChI=1S/C48H30N2O/c1-2-12-34(13-3-1)48-49-43(30-44(50-48)36-16-10-17-37(27-36)46-29-38-15-6-9-20-45(38)51-46)32-21-23-33(24-22-32)47-40-19-8-5-14-35(40)28-42-39-18-7-4-11-31(39)25-26-41(42)47/h1-30H. The van der Waals surface area contributed by atoms with Crippen molar-refractivity contribution < 1.29 is 4.42 Å². The number of hydrogen-bond acceptors (Lipinski definition) is 3. The van der Waals surface area contributed by atoms with E-state index in [9.17, 15) is 0 Å². The molecule has 2 heterocycles. The molecule has 0 bridgehead atoms. The Labute approximate surface area is 295 Å². The number of benzene rings is 8. The third-order valence-electron chi connectivity index (χ3n) is 9.87. The Morgan fingerprint density at radius 2 is 0.980 bits per heavy atom. The summed E-state index contributed by atoms with van der Waals surface area (Å²) in [6, 6.07) is 63.9. The molecule has 0 unspecified atom stereocenters. The van der Waals surface area contributed by atoms with Gasteiger partial charge in [-0.3, -0.25) is 0 Å². The second-order valence-electron chi connectivity index (χ2n) is 13.0. The highest BCUT2D eigenvalue weighted by Crippen LogP contribution is 2.40. The van der Waals surface area contributed by atoms with E-state index in [1.54, 1.807) is 0 Å². The molecule has 0 N–H and O–H groups in total. The lowest BCUT2D eigenvalue weighted by molar-refractivity contribution is 0.631. The summed E-state index contributed by atoms with van der Waals surface area (Å²) in [4.78, 5) is 10.2. The van der Waals surface area contributed by atoms with E-state index in [1.807, 2.05) is 36.4 Å². The molecule has 51 heavy (non-hydrogen) atoms. The fourth-order valence-electron chi connectivity index (χ4n) is 7.35. The van der Waals surface area contributed by atoms with Crippen LogP contribution in [0, 0.1) is 0 Å². The van der Waals surface area contributed by atoms with Crippen LogP contribution in [0.25, 0.3) is 99.6 Å². The molecule has 10 rings (SSSR count). The second kappa shape index (κ2) is 11.9. The summed E-state index contributed by atoms with van der Waals surface area (Å²) in [5, 5.41) is 8.60. The fraction of sp³-hybridized carbons (Fsp3) is 0. The SMILES string of the molecule is c1ccc(-c2nc(-c3ccc(-c4c5ccccc5cc5c4ccc4ccccc45)cc3)cc(-c3cccc(-c4cc5ccccc5o4)c3)n2)cc1. The smallest absolute Gasteiger partial charge is 0.160 e. The van der Waals surface area contributed by atoms with Crippen molar-refractivity contribution >= 4 is 43.3 Å². The van der Waals surface area contributed by atoms with Crippen LogP contribution >= 0.6 is 0 Å². The van der Waals surface area contributed by atoms with Gasteiger partial charge in [0.05, 0.1) is 11.4 Å². The first-order chi connectivity index (χ1) is 25.2. The van der Waals surface area contributed by atoms with Gasteiger partial charge in [0, 0.05) is 27.6 Å². The van der Waals surface area contributed by atoms with Crippen molar-refractivity contribution in [2.24, 2.45) is 0 Å². The summed E-state index contributed by atoms with van der Waals surface area (Å²) in [6.07, 6.45) is 0. The minimum Gasteiger partial charge on any atom is -0.456 e. The largest absolute Gasteiger partial charge is 0.456 e. The predicted molar refractivity (Wildman–Crippen MR) is 212 cm³/mol. The first kappa shape index (κ1) is 29.1. The Bertz CT molecular complexity index is 2870. The Hall–Kier alpha value is -6.84. The zero-order valence-electron chi connectivity index (χ0n) is 27.6. The monoisotopic (exact) mass is 650 g/mol. The summed E-state index contributed by atoms with van der Waals surface area (Å²) >= 11 is 0. The third kappa shape index (κ3) is 5.15. The maximum Gasteiger partial charge on any atom is 0.160 e. The van der Waals surface area contributed by atoms with Crippen LogP contribution in [-0.4, -0.2) is 9.97 Å². The van der Waals surface area contributed by atoms with E-state index in [2.05, 4.69) is 146 Å². The maximum atomic E-state index is 6.22. The lowest BCUT2D eigenvalue weighted by atomic mass is 9.89. The first-order valence-corrected chi connectivity index (χ1v) is 17.2. The number of furan rings is 1. The molecule has 238 valence electrons. The van der Waals surface area contributed by atoms with E-state index in [-0.39, 0.29) is 0 Å². The molecule has 2 aromatic heterocycles. The van der Waals surface area contributed by atoms with Gasteiger partial charge >= 0.3 is 0 Å². The molecule has 0 atom stereocenters.